The summed E-state index contributed by atoms with van der Waals surface area (Å²) < 4.78 is 11.3. The molecule has 172 valence electrons. The van der Waals surface area contributed by atoms with Gasteiger partial charge >= 0.3 is 0 Å². The number of ether oxygens (including phenoxy) is 1. The van der Waals surface area contributed by atoms with Crippen LogP contribution < -0.4 is 4.74 Å². The van der Waals surface area contributed by atoms with Gasteiger partial charge in [-0.05, 0) is 44.4 Å². The van der Waals surface area contributed by atoms with Gasteiger partial charge in [-0.25, -0.2) is 4.98 Å². The van der Waals surface area contributed by atoms with Gasteiger partial charge in [0.25, 0.3) is 0 Å². The van der Waals surface area contributed by atoms with Gasteiger partial charge in [-0.15, -0.1) is 11.3 Å². The zero-order valence-corrected chi connectivity index (χ0v) is 20.4. The van der Waals surface area contributed by atoms with Gasteiger partial charge < -0.3 is 14.4 Å². The highest BCUT2D eigenvalue weighted by Gasteiger charge is 2.34. The fourth-order valence-corrected chi connectivity index (χ4v) is 4.23. The lowest BCUT2D eigenvalue weighted by molar-refractivity contribution is 0.0701. The van der Waals surface area contributed by atoms with Gasteiger partial charge in [0, 0.05) is 28.6 Å². The van der Waals surface area contributed by atoms with Crippen molar-refractivity contribution < 1.29 is 14.4 Å². The first-order chi connectivity index (χ1) is 15.7. The molecule has 0 saturated carbocycles. The quantitative estimate of drug-likeness (QED) is 0.347. The maximum absolute atomic E-state index is 10.1. The molecule has 7 heteroatoms. The Bertz CT molecular complexity index is 1180. The van der Waals surface area contributed by atoms with Crippen LogP contribution in [0.25, 0.3) is 11.3 Å². The molecule has 0 bridgehead atoms. The molecular weight excluding hydrogens is 434 g/mol. The number of nitrogens with zero attached hydrogens (tertiary/aromatic N) is 3. The van der Waals surface area contributed by atoms with E-state index >= 15 is 0 Å². The van der Waals surface area contributed by atoms with Gasteiger partial charge in [0.1, 0.15) is 28.7 Å². The lowest BCUT2D eigenvalue weighted by Gasteiger charge is -2.34. The van der Waals surface area contributed by atoms with Crippen LogP contribution in [0.3, 0.4) is 0 Å². The third-order valence-corrected chi connectivity index (χ3v) is 6.93. The second-order valence-corrected chi connectivity index (χ2v) is 10.1. The summed E-state index contributed by atoms with van der Waals surface area (Å²) in [6, 6.07) is 14.1. The Hall–Kier alpha value is -3.03. The van der Waals surface area contributed by atoms with Crippen molar-refractivity contribution >= 4 is 11.3 Å². The predicted octanol–water partition coefficient (Wildman–Crippen LogP) is 5.96. The smallest absolute Gasteiger partial charge is 0.167 e. The Morgan fingerprint density at radius 2 is 1.79 bits per heavy atom. The van der Waals surface area contributed by atoms with Gasteiger partial charge in [-0.2, -0.15) is 0 Å². The number of rotatable bonds is 8. The molecule has 1 N–H and O–H groups in total. The van der Waals surface area contributed by atoms with E-state index in [-0.39, 0.29) is 5.41 Å². The van der Waals surface area contributed by atoms with Gasteiger partial charge in [0.2, 0.25) is 0 Å². The van der Waals surface area contributed by atoms with Crippen LogP contribution in [0.5, 0.6) is 5.75 Å². The summed E-state index contributed by atoms with van der Waals surface area (Å²) in [5.74, 6) is 1.66. The molecule has 1 aromatic carbocycles. The van der Waals surface area contributed by atoms with Gasteiger partial charge in [0.05, 0.1) is 11.9 Å². The molecule has 4 aromatic rings. The number of aromatic nitrogens is 3. The molecule has 6 nitrogen and oxygen atoms in total. The molecule has 0 aliphatic heterocycles. The Balaban J connectivity index is 1.56. The number of pyridine rings is 1. The summed E-state index contributed by atoms with van der Waals surface area (Å²) in [6.45, 7) is 10.4. The zero-order valence-electron chi connectivity index (χ0n) is 19.6. The fourth-order valence-electron chi connectivity index (χ4n) is 3.70. The molecule has 0 aliphatic carbocycles. The molecule has 1 atom stereocenters. The Kier molecular flexibility index (Phi) is 6.36. The highest BCUT2D eigenvalue weighted by atomic mass is 32.1. The second kappa shape index (κ2) is 9.08. The molecule has 0 amide bonds. The first-order valence-electron chi connectivity index (χ1n) is 11.0. The number of aliphatic hydroxyl groups is 1. The van der Waals surface area contributed by atoms with E-state index in [1.807, 2.05) is 29.6 Å². The summed E-state index contributed by atoms with van der Waals surface area (Å²) in [5.41, 5.74) is 2.23. The third-order valence-electron chi connectivity index (χ3n) is 6.17. The van der Waals surface area contributed by atoms with Gasteiger partial charge in [0.15, 0.2) is 5.76 Å². The van der Waals surface area contributed by atoms with Crippen LogP contribution in [-0.4, -0.2) is 20.2 Å². The summed E-state index contributed by atoms with van der Waals surface area (Å²) >= 11 is 1.57. The van der Waals surface area contributed by atoms with Crippen molar-refractivity contribution in [3.63, 3.8) is 0 Å². The molecule has 0 spiro atoms. The van der Waals surface area contributed by atoms with Crippen LogP contribution in [0, 0.1) is 5.92 Å². The fraction of sp³-hybridized carbons (Fsp3) is 0.346. The van der Waals surface area contributed by atoms with Crippen LogP contribution in [0.4, 0.5) is 0 Å². The maximum Gasteiger partial charge on any atom is 0.167 e. The first kappa shape index (κ1) is 23.1. The average Bonchev–Trinajstić information content (AvgIpc) is 3.50. The Morgan fingerprint density at radius 1 is 1.03 bits per heavy atom. The summed E-state index contributed by atoms with van der Waals surface area (Å²) in [5, 5.41) is 17.0. The van der Waals surface area contributed by atoms with Crippen molar-refractivity contribution in [3.8, 4) is 17.1 Å². The van der Waals surface area contributed by atoms with Crippen molar-refractivity contribution in [2.24, 2.45) is 5.92 Å². The molecule has 0 fully saturated rings. The molecule has 3 aromatic heterocycles. The summed E-state index contributed by atoms with van der Waals surface area (Å²) in [4.78, 5) is 9.00. The van der Waals surface area contributed by atoms with E-state index in [0.29, 0.717) is 24.0 Å². The molecule has 33 heavy (non-hydrogen) atoms. The van der Waals surface area contributed by atoms with Crippen molar-refractivity contribution in [2.45, 2.75) is 52.2 Å². The van der Waals surface area contributed by atoms with E-state index < -0.39 is 5.60 Å². The van der Waals surface area contributed by atoms with Crippen LogP contribution >= 0.6 is 11.3 Å². The molecule has 1 unspecified atom stereocenters. The molecule has 4 rings (SSSR count). The largest absolute Gasteiger partial charge is 0.485 e. The second-order valence-electron chi connectivity index (χ2n) is 9.16. The van der Waals surface area contributed by atoms with Crippen molar-refractivity contribution in [1.29, 1.82) is 0 Å². The molecule has 0 radical (unpaired) electrons. The van der Waals surface area contributed by atoms with Crippen molar-refractivity contribution in [1.82, 2.24) is 15.1 Å². The highest BCUT2D eigenvalue weighted by Crippen LogP contribution is 2.39. The molecule has 0 aliphatic rings. The Morgan fingerprint density at radius 3 is 2.33 bits per heavy atom. The minimum atomic E-state index is -1.04. The minimum absolute atomic E-state index is 0.286. The number of thiazole rings is 1. The van der Waals surface area contributed by atoms with E-state index in [4.69, 9.17) is 14.2 Å². The van der Waals surface area contributed by atoms with E-state index in [9.17, 15) is 5.11 Å². The monoisotopic (exact) mass is 463 g/mol. The lowest BCUT2D eigenvalue weighted by Crippen LogP contribution is -2.31. The number of hydrogen-bond donors (Lipinski definition) is 1. The molecule has 3 heterocycles. The van der Waals surface area contributed by atoms with Crippen LogP contribution in [0.2, 0.25) is 0 Å². The van der Waals surface area contributed by atoms with Gasteiger partial charge in [-0.3, -0.25) is 4.98 Å². The zero-order chi connectivity index (χ0) is 23.6. The maximum atomic E-state index is 10.1. The number of hydrogen-bond acceptors (Lipinski definition) is 7. The van der Waals surface area contributed by atoms with Crippen LogP contribution in [0.1, 0.15) is 56.6 Å². The standard InChI is InChI=1S/C26H29N3O3S/c1-17(2)26(5,22-11-10-20(15-28-22)31-16-24-27-12-13-33-24)19-8-6-18(7-9-19)21-14-23(29-32-21)25(3,4)30/h6-15,17,30H,16H2,1-5H3. The summed E-state index contributed by atoms with van der Waals surface area (Å²) in [7, 11) is 0. The van der Waals surface area contributed by atoms with E-state index in [2.05, 4.69) is 43.0 Å². The Labute approximate surface area is 198 Å². The summed E-state index contributed by atoms with van der Waals surface area (Å²) in [6.07, 6.45) is 3.56. The number of benzene rings is 1. The van der Waals surface area contributed by atoms with Gasteiger partial charge in [-0.1, -0.05) is 43.3 Å². The third kappa shape index (κ3) is 4.84. The van der Waals surface area contributed by atoms with Crippen LogP contribution in [-0.2, 0) is 17.6 Å². The normalized spacial score (nSPS) is 13.8. The van der Waals surface area contributed by atoms with E-state index in [0.717, 1.165) is 27.6 Å². The predicted molar refractivity (Wildman–Crippen MR) is 129 cm³/mol. The average molecular weight is 464 g/mol. The highest BCUT2D eigenvalue weighted by molar-refractivity contribution is 7.09. The van der Waals surface area contributed by atoms with E-state index in [1.54, 1.807) is 43.6 Å². The molecular formula is C26H29N3O3S. The molecule has 0 saturated heterocycles. The van der Waals surface area contributed by atoms with Crippen LogP contribution in [0.15, 0.2) is 64.8 Å². The van der Waals surface area contributed by atoms with E-state index in [1.165, 1.54) is 0 Å². The lowest BCUT2D eigenvalue weighted by atomic mass is 9.70. The minimum Gasteiger partial charge on any atom is -0.485 e. The van der Waals surface area contributed by atoms with Crippen molar-refractivity contribution in [2.75, 3.05) is 0 Å². The van der Waals surface area contributed by atoms with Crippen molar-refractivity contribution in [3.05, 3.63) is 82.2 Å². The topological polar surface area (TPSA) is 81.3 Å². The first-order valence-corrected chi connectivity index (χ1v) is 11.8. The SMILES string of the molecule is CC(C)C(C)(c1ccc(-c2cc(C(C)(C)O)no2)cc1)c1ccc(OCc2nccs2)cn1.